The highest BCUT2D eigenvalue weighted by molar-refractivity contribution is 7.89. The maximum absolute atomic E-state index is 13.2. The van der Waals surface area contributed by atoms with Gasteiger partial charge in [-0.15, -0.1) is 0 Å². The van der Waals surface area contributed by atoms with E-state index in [4.69, 9.17) is 0 Å². The summed E-state index contributed by atoms with van der Waals surface area (Å²) in [6.07, 6.45) is 0.946. The number of hydrogen-bond acceptors (Lipinski definition) is 3. The van der Waals surface area contributed by atoms with Gasteiger partial charge < -0.3 is 5.11 Å². The van der Waals surface area contributed by atoms with Crippen LogP contribution in [-0.2, 0) is 10.0 Å². The molecule has 6 heteroatoms. The summed E-state index contributed by atoms with van der Waals surface area (Å²) < 4.78 is 39.2. The van der Waals surface area contributed by atoms with Gasteiger partial charge in [0, 0.05) is 13.6 Å². The Kier molecular flexibility index (Phi) is 3.94. The van der Waals surface area contributed by atoms with Gasteiger partial charge in [-0.05, 0) is 43.4 Å². The number of aryl methyl sites for hydroxylation is 1. The molecule has 0 aliphatic heterocycles. The summed E-state index contributed by atoms with van der Waals surface area (Å²) in [5.74, 6) is -0.375. The van der Waals surface area contributed by atoms with Crippen molar-refractivity contribution in [1.82, 2.24) is 4.31 Å². The number of hydrogen-bond donors (Lipinski definition) is 1. The molecule has 0 bridgehead atoms. The van der Waals surface area contributed by atoms with Crippen LogP contribution in [0.1, 0.15) is 18.4 Å². The van der Waals surface area contributed by atoms with Gasteiger partial charge in [-0.25, -0.2) is 17.1 Å². The number of sulfonamides is 1. The molecule has 0 atom stereocenters. The van der Waals surface area contributed by atoms with Crippen molar-refractivity contribution in [3.05, 3.63) is 29.6 Å². The molecular formula is C13H18FNO3S. The summed E-state index contributed by atoms with van der Waals surface area (Å²) in [5.41, 5.74) is 0.530. The molecule has 1 saturated carbocycles. The standard InChI is InChI=1S/C13H18FNO3S/c1-9-3-4-11(14)7-13(9)19(17,18)15(2)8-10-5-12(16)6-10/h3-4,7,10,12,16H,5-6,8H2,1-2H3. The zero-order chi connectivity index (χ0) is 14.2. The first-order valence-corrected chi connectivity index (χ1v) is 7.65. The van der Waals surface area contributed by atoms with Gasteiger partial charge >= 0.3 is 0 Å². The van der Waals surface area contributed by atoms with E-state index in [0.717, 1.165) is 6.07 Å². The summed E-state index contributed by atoms with van der Waals surface area (Å²) in [7, 11) is -2.18. The Labute approximate surface area is 112 Å². The lowest BCUT2D eigenvalue weighted by Crippen LogP contribution is -2.39. The van der Waals surface area contributed by atoms with E-state index in [1.165, 1.54) is 23.5 Å². The van der Waals surface area contributed by atoms with Crippen molar-refractivity contribution >= 4 is 10.0 Å². The van der Waals surface area contributed by atoms with E-state index < -0.39 is 15.8 Å². The van der Waals surface area contributed by atoms with E-state index in [-0.39, 0.29) is 16.9 Å². The van der Waals surface area contributed by atoms with Crippen LogP contribution in [0.25, 0.3) is 0 Å². The Morgan fingerprint density at radius 1 is 1.42 bits per heavy atom. The van der Waals surface area contributed by atoms with Crippen LogP contribution in [0.15, 0.2) is 23.1 Å². The lowest BCUT2D eigenvalue weighted by atomic mass is 9.82. The minimum absolute atomic E-state index is 0.00914. The van der Waals surface area contributed by atoms with Gasteiger partial charge in [-0.2, -0.15) is 0 Å². The van der Waals surface area contributed by atoms with E-state index in [9.17, 15) is 17.9 Å². The number of aliphatic hydroxyl groups excluding tert-OH is 1. The Bertz CT molecular complexity index is 567. The fourth-order valence-corrected chi connectivity index (χ4v) is 3.81. The average molecular weight is 287 g/mol. The minimum Gasteiger partial charge on any atom is -0.393 e. The highest BCUT2D eigenvalue weighted by Crippen LogP contribution is 2.29. The fraction of sp³-hybridized carbons (Fsp3) is 0.538. The van der Waals surface area contributed by atoms with Crippen molar-refractivity contribution in [3.63, 3.8) is 0 Å². The highest BCUT2D eigenvalue weighted by Gasteiger charge is 2.32. The molecule has 1 aromatic carbocycles. The maximum Gasteiger partial charge on any atom is 0.243 e. The fourth-order valence-electron chi connectivity index (χ4n) is 2.33. The molecule has 19 heavy (non-hydrogen) atoms. The number of halogens is 1. The van der Waals surface area contributed by atoms with Crippen molar-refractivity contribution in [2.45, 2.75) is 30.8 Å². The van der Waals surface area contributed by atoms with Gasteiger partial charge in [0.25, 0.3) is 0 Å². The second-order valence-electron chi connectivity index (χ2n) is 5.19. The molecule has 0 unspecified atom stereocenters. The molecule has 0 amide bonds. The molecule has 0 spiro atoms. The predicted octanol–water partition coefficient (Wildman–Crippen LogP) is 1.53. The van der Waals surface area contributed by atoms with E-state index in [1.807, 2.05) is 0 Å². The summed E-state index contributed by atoms with van der Waals surface area (Å²) in [5, 5.41) is 9.21. The average Bonchev–Trinajstić information content (AvgIpc) is 2.30. The van der Waals surface area contributed by atoms with Crippen LogP contribution in [0.3, 0.4) is 0 Å². The van der Waals surface area contributed by atoms with E-state index in [2.05, 4.69) is 0 Å². The van der Waals surface area contributed by atoms with Gasteiger partial charge in [0.05, 0.1) is 11.0 Å². The number of benzene rings is 1. The van der Waals surface area contributed by atoms with E-state index in [1.54, 1.807) is 6.92 Å². The number of nitrogens with zero attached hydrogens (tertiary/aromatic N) is 1. The van der Waals surface area contributed by atoms with Crippen LogP contribution in [0.4, 0.5) is 4.39 Å². The summed E-state index contributed by atoms with van der Waals surface area (Å²) >= 11 is 0. The Morgan fingerprint density at radius 3 is 2.63 bits per heavy atom. The maximum atomic E-state index is 13.2. The number of rotatable bonds is 4. The monoisotopic (exact) mass is 287 g/mol. The molecule has 106 valence electrons. The van der Waals surface area contributed by atoms with Crippen LogP contribution in [0.2, 0.25) is 0 Å². The van der Waals surface area contributed by atoms with Crippen molar-refractivity contribution in [1.29, 1.82) is 0 Å². The Morgan fingerprint density at radius 2 is 2.05 bits per heavy atom. The molecule has 1 fully saturated rings. The lowest BCUT2D eigenvalue weighted by molar-refractivity contribution is 0.0367. The van der Waals surface area contributed by atoms with Crippen LogP contribution in [0.5, 0.6) is 0 Å². The zero-order valence-corrected chi connectivity index (χ0v) is 11.8. The molecule has 0 saturated heterocycles. The van der Waals surface area contributed by atoms with Crippen molar-refractivity contribution in [2.75, 3.05) is 13.6 Å². The van der Waals surface area contributed by atoms with E-state index >= 15 is 0 Å². The van der Waals surface area contributed by atoms with Crippen LogP contribution in [-0.4, -0.2) is 37.5 Å². The van der Waals surface area contributed by atoms with Gasteiger partial charge in [0.1, 0.15) is 5.82 Å². The first-order chi connectivity index (χ1) is 8.80. The topological polar surface area (TPSA) is 57.6 Å². The zero-order valence-electron chi connectivity index (χ0n) is 11.0. The minimum atomic E-state index is -3.67. The van der Waals surface area contributed by atoms with E-state index in [0.29, 0.717) is 24.9 Å². The second kappa shape index (κ2) is 5.19. The summed E-state index contributed by atoms with van der Waals surface area (Å²) in [4.78, 5) is 0.00914. The Hall–Kier alpha value is -0.980. The predicted molar refractivity (Wildman–Crippen MR) is 69.7 cm³/mol. The number of aliphatic hydroxyl groups is 1. The molecule has 1 aromatic rings. The summed E-state index contributed by atoms with van der Waals surface area (Å²) in [6.45, 7) is 2.00. The third-order valence-corrected chi connectivity index (χ3v) is 5.53. The van der Waals surface area contributed by atoms with Crippen LogP contribution in [0, 0.1) is 18.7 Å². The third kappa shape index (κ3) is 2.96. The third-order valence-electron chi connectivity index (χ3n) is 3.56. The normalized spacial score (nSPS) is 23.4. The van der Waals surface area contributed by atoms with Crippen molar-refractivity contribution < 1.29 is 17.9 Å². The molecule has 4 nitrogen and oxygen atoms in total. The van der Waals surface area contributed by atoms with Gasteiger partial charge in [-0.3, -0.25) is 0 Å². The molecule has 1 aliphatic carbocycles. The van der Waals surface area contributed by atoms with Gasteiger partial charge in [0.2, 0.25) is 10.0 Å². The van der Waals surface area contributed by atoms with Crippen LogP contribution >= 0.6 is 0 Å². The second-order valence-corrected chi connectivity index (χ2v) is 7.20. The Balaban J connectivity index is 2.19. The SMILES string of the molecule is Cc1ccc(F)cc1S(=O)(=O)N(C)CC1CC(O)C1. The molecule has 0 aromatic heterocycles. The largest absolute Gasteiger partial charge is 0.393 e. The molecule has 0 heterocycles. The van der Waals surface area contributed by atoms with Gasteiger partial charge in [0.15, 0.2) is 0 Å². The molecule has 2 rings (SSSR count). The molecular weight excluding hydrogens is 269 g/mol. The first kappa shape index (κ1) is 14.4. The lowest BCUT2D eigenvalue weighted by Gasteiger charge is -2.34. The smallest absolute Gasteiger partial charge is 0.243 e. The molecule has 0 radical (unpaired) electrons. The highest BCUT2D eigenvalue weighted by atomic mass is 32.2. The molecule has 1 N–H and O–H groups in total. The van der Waals surface area contributed by atoms with Gasteiger partial charge in [-0.1, -0.05) is 6.07 Å². The van der Waals surface area contributed by atoms with Crippen molar-refractivity contribution in [2.24, 2.45) is 5.92 Å². The molecule has 1 aliphatic rings. The van der Waals surface area contributed by atoms with Crippen molar-refractivity contribution in [3.8, 4) is 0 Å². The van der Waals surface area contributed by atoms with Crippen LogP contribution < -0.4 is 0 Å². The quantitative estimate of drug-likeness (QED) is 0.913. The summed E-state index contributed by atoms with van der Waals surface area (Å²) in [6, 6.07) is 3.76. The first-order valence-electron chi connectivity index (χ1n) is 6.21.